The van der Waals surface area contributed by atoms with Gasteiger partial charge in [-0.3, -0.25) is 0 Å². The Hall–Kier alpha value is -1.75. The summed E-state index contributed by atoms with van der Waals surface area (Å²) in [5, 5.41) is 14.9. The molecular formula is C17H28N2O3. The summed E-state index contributed by atoms with van der Waals surface area (Å²) in [5.41, 5.74) is 1.06. The summed E-state index contributed by atoms with van der Waals surface area (Å²) >= 11 is 0. The van der Waals surface area contributed by atoms with Crippen LogP contribution in [-0.2, 0) is 0 Å². The molecule has 22 heavy (non-hydrogen) atoms. The SMILES string of the molecule is COc1ccccc1C(C)CNC(=O)NC(CO)CC(C)C. The van der Waals surface area contributed by atoms with Gasteiger partial charge in [0.2, 0.25) is 0 Å². The molecule has 5 heteroatoms. The van der Waals surface area contributed by atoms with Crippen molar-refractivity contribution in [1.29, 1.82) is 0 Å². The van der Waals surface area contributed by atoms with Gasteiger partial charge in [0, 0.05) is 12.5 Å². The van der Waals surface area contributed by atoms with Crippen LogP contribution >= 0.6 is 0 Å². The number of ether oxygens (including phenoxy) is 1. The van der Waals surface area contributed by atoms with Gasteiger partial charge in [0.25, 0.3) is 0 Å². The lowest BCUT2D eigenvalue weighted by atomic mass is 10.00. The largest absolute Gasteiger partial charge is 0.496 e. The number of carbonyl (C=O) groups excluding carboxylic acids is 1. The zero-order chi connectivity index (χ0) is 16.5. The minimum Gasteiger partial charge on any atom is -0.496 e. The molecule has 0 aliphatic heterocycles. The molecule has 0 aliphatic carbocycles. The van der Waals surface area contributed by atoms with Crippen molar-refractivity contribution in [2.24, 2.45) is 5.92 Å². The van der Waals surface area contributed by atoms with E-state index in [9.17, 15) is 9.90 Å². The molecular weight excluding hydrogens is 280 g/mol. The molecule has 5 nitrogen and oxygen atoms in total. The van der Waals surface area contributed by atoms with Crippen molar-refractivity contribution >= 4 is 6.03 Å². The van der Waals surface area contributed by atoms with E-state index >= 15 is 0 Å². The van der Waals surface area contributed by atoms with E-state index in [-0.39, 0.29) is 24.6 Å². The van der Waals surface area contributed by atoms with Crippen LogP contribution in [0.4, 0.5) is 4.79 Å². The third-order valence-electron chi connectivity index (χ3n) is 3.55. The number of hydrogen-bond acceptors (Lipinski definition) is 3. The average molecular weight is 308 g/mol. The number of para-hydroxylation sites is 1. The first-order chi connectivity index (χ1) is 10.5. The van der Waals surface area contributed by atoms with Crippen molar-refractivity contribution in [3.63, 3.8) is 0 Å². The Morgan fingerprint density at radius 2 is 1.95 bits per heavy atom. The van der Waals surface area contributed by atoms with Crippen LogP contribution in [0, 0.1) is 5.92 Å². The first kappa shape index (κ1) is 18.3. The number of amides is 2. The Morgan fingerprint density at radius 3 is 2.55 bits per heavy atom. The lowest BCUT2D eigenvalue weighted by Gasteiger charge is -2.20. The molecule has 0 radical (unpaired) electrons. The second-order valence-corrected chi connectivity index (χ2v) is 6.01. The van der Waals surface area contributed by atoms with Crippen LogP contribution in [0.2, 0.25) is 0 Å². The summed E-state index contributed by atoms with van der Waals surface area (Å²) in [7, 11) is 1.64. The smallest absolute Gasteiger partial charge is 0.315 e. The lowest BCUT2D eigenvalue weighted by Crippen LogP contribution is -2.45. The highest BCUT2D eigenvalue weighted by atomic mass is 16.5. The third-order valence-corrected chi connectivity index (χ3v) is 3.55. The van der Waals surface area contributed by atoms with Crippen LogP contribution in [-0.4, -0.2) is 37.4 Å². The normalized spacial score (nSPS) is 13.5. The molecule has 1 aromatic carbocycles. The predicted molar refractivity (Wildman–Crippen MR) is 88.3 cm³/mol. The van der Waals surface area contributed by atoms with Crippen LogP contribution in [0.1, 0.15) is 38.7 Å². The van der Waals surface area contributed by atoms with Crippen LogP contribution < -0.4 is 15.4 Å². The number of benzene rings is 1. The van der Waals surface area contributed by atoms with Gasteiger partial charge in [-0.2, -0.15) is 0 Å². The first-order valence-electron chi connectivity index (χ1n) is 7.76. The van der Waals surface area contributed by atoms with Gasteiger partial charge in [-0.25, -0.2) is 4.79 Å². The summed E-state index contributed by atoms with van der Waals surface area (Å²) in [6, 6.07) is 7.34. The van der Waals surface area contributed by atoms with E-state index in [1.807, 2.05) is 31.2 Å². The van der Waals surface area contributed by atoms with Gasteiger partial charge in [0.15, 0.2) is 0 Å². The Labute approximate surface area is 133 Å². The molecule has 0 saturated carbocycles. The van der Waals surface area contributed by atoms with Crippen molar-refractivity contribution in [3.8, 4) is 5.75 Å². The van der Waals surface area contributed by atoms with Crippen LogP contribution in [0.3, 0.4) is 0 Å². The topological polar surface area (TPSA) is 70.6 Å². The maximum Gasteiger partial charge on any atom is 0.315 e. The van der Waals surface area contributed by atoms with E-state index in [0.717, 1.165) is 17.7 Å². The number of hydrogen-bond donors (Lipinski definition) is 3. The quantitative estimate of drug-likeness (QED) is 0.691. The monoisotopic (exact) mass is 308 g/mol. The fourth-order valence-corrected chi connectivity index (χ4v) is 2.41. The number of methoxy groups -OCH3 is 1. The molecule has 0 heterocycles. The predicted octanol–water partition coefficient (Wildman–Crippen LogP) is 2.50. The maximum absolute atomic E-state index is 11.9. The highest BCUT2D eigenvalue weighted by Gasteiger charge is 2.15. The van der Waals surface area contributed by atoms with Gasteiger partial charge in [0.05, 0.1) is 19.8 Å². The number of carbonyl (C=O) groups is 1. The Kier molecular flexibility index (Phi) is 7.74. The number of nitrogens with one attached hydrogen (secondary N) is 2. The van der Waals surface area contributed by atoms with Crippen LogP contribution in [0.25, 0.3) is 0 Å². The molecule has 0 spiro atoms. The van der Waals surface area contributed by atoms with Gasteiger partial charge in [-0.05, 0) is 24.0 Å². The van der Waals surface area contributed by atoms with Crippen LogP contribution in [0.5, 0.6) is 5.75 Å². The van der Waals surface area contributed by atoms with E-state index in [0.29, 0.717) is 12.5 Å². The number of aliphatic hydroxyl groups excluding tert-OH is 1. The molecule has 2 atom stereocenters. The maximum atomic E-state index is 11.9. The minimum absolute atomic E-state index is 0.0480. The highest BCUT2D eigenvalue weighted by molar-refractivity contribution is 5.74. The summed E-state index contributed by atoms with van der Waals surface area (Å²) in [6.07, 6.45) is 0.756. The molecule has 0 aromatic heterocycles. The van der Waals surface area contributed by atoms with Gasteiger partial charge >= 0.3 is 6.03 Å². The first-order valence-corrected chi connectivity index (χ1v) is 7.76. The molecule has 0 bridgehead atoms. The molecule has 124 valence electrons. The molecule has 1 aromatic rings. The minimum atomic E-state index is -0.249. The zero-order valence-corrected chi connectivity index (χ0v) is 13.9. The van der Waals surface area contributed by atoms with Crippen molar-refractivity contribution < 1.29 is 14.6 Å². The fraction of sp³-hybridized carbons (Fsp3) is 0.588. The van der Waals surface area contributed by atoms with Gasteiger partial charge < -0.3 is 20.5 Å². The Bertz CT molecular complexity index is 463. The second kappa shape index (κ2) is 9.30. The molecule has 3 N–H and O–H groups in total. The molecule has 1 rings (SSSR count). The molecule has 0 aliphatic rings. The van der Waals surface area contributed by atoms with Gasteiger partial charge in [-0.15, -0.1) is 0 Å². The Morgan fingerprint density at radius 1 is 1.27 bits per heavy atom. The number of rotatable bonds is 8. The second-order valence-electron chi connectivity index (χ2n) is 6.01. The summed E-state index contributed by atoms with van der Waals surface area (Å²) in [4.78, 5) is 11.9. The lowest BCUT2D eigenvalue weighted by molar-refractivity contribution is 0.206. The number of aliphatic hydroxyl groups is 1. The standard InChI is InChI=1S/C17H28N2O3/c1-12(2)9-14(11-20)19-17(21)18-10-13(3)15-7-5-6-8-16(15)22-4/h5-8,12-14,20H,9-11H2,1-4H3,(H2,18,19,21). The number of urea groups is 1. The fourth-order valence-electron chi connectivity index (χ4n) is 2.41. The molecule has 2 amide bonds. The summed E-state index contributed by atoms with van der Waals surface area (Å²) in [5.74, 6) is 1.38. The van der Waals surface area contributed by atoms with Crippen molar-refractivity contribution in [3.05, 3.63) is 29.8 Å². The third kappa shape index (κ3) is 5.93. The van der Waals surface area contributed by atoms with Crippen LogP contribution in [0.15, 0.2) is 24.3 Å². The van der Waals surface area contributed by atoms with Crippen molar-refractivity contribution in [2.45, 2.75) is 39.2 Å². The molecule has 0 saturated heterocycles. The van der Waals surface area contributed by atoms with Crippen molar-refractivity contribution in [1.82, 2.24) is 10.6 Å². The van der Waals surface area contributed by atoms with Crippen molar-refractivity contribution in [2.75, 3.05) is 20.3 Å². The zero-order valence-electron chi connectivity index (χ0n) is 13.9. The molecule has 0 fully saturated rings. The van der Waals surface area contributed by atoms with E-state index < -0.39 is 0 Å². The highest BCUT2D eigenvalue weighted by Crippen LogP contribution is 2.25. The van der Waals surface area contributed by atoms with E-state index in [1.165, 1.54) is 0 Å². The van der Waals surface area contributed by atoms with E-state index in [4.69, 9.17) is 4.74 Å². The van der Waals surface area contributed by atoms with Gasteiger partial charge in [0.1, 0.15) is 5.75 Å². The average Bonchev–Trinajstić information content (AvgIpc) is 2.51. The molecule has 2 unspecified atom stereocenters. The van der Waals surface area contributed by atoms with E-state index in [2.05, 4.69) is 24.5 Å². The summed E-state index contributed by atoms with van der Waals surface area (Å²) < 4.78 is 5.34. The summed E-state index contributed by atoms with van der Waals surface area (Å²) in [6.45, 7) is 6.62. The van der Waals surface area contributed by atoms with E-state index in [1.54, 1.807) is 7.11 Å². The Balaban J connectivity index is 2.49. The van der Waals surface area contributed by atoms with Gasteiger partial charge in [-0.1, -0.05) is 39.0 Å².